The van der Waals surface area contributed by atoms with Gasteiger partial charge in [-0.05, 0) is 76.7 Å². The molecule has 0 aliphatic rings. The van der Waals surface area contributed by atoms with Crippen LogP contribution in [0.3, 0.4) is 0 Å². The van der Waals surface area contributed by atoms with Crippen LogP contribution in [0.25, 0.3) is 0 Å². The van der Waals surface area contributed by atoms with Crippen LogP contribution in [0.1, 0.15) is 59.7 Å². The van der Waals surface area contributed by atoms with E-state index in [9.17, 15) is 35.8 Å². The van der Waals surface area contributed by atoms with Gasteiger partial charge >= 0.3 is 18.7 Å². The zero-order valence-corrected chi connectivity index (χ0v) is 23.7. The highest BCUT2D eigenvalue weighted by atomic mass is 19.4. The summed E-state index contributed by atoms with van der Waals surface area (Å²) in [4.78, 5) is 0. The van der Waals surface area contributed by atoms with E-state index in [-0.39, 0.29) is 18.0 Å². The van der Waals surface area contributed by atoms with E-state index in [0.29, 0.717) is 22.6 Å². The van der Waals surface area contributed by atoms with Crippen molar-refractivity contribution in [3.05, 3.63) is 125 Å². The first-order valence-corrected chi connectivity index (χ1v) is 13.6. The van der Waals surface area contributed by atoms with Crippen LogP contribution in [-0.4, -0.2) is 24.2 Å². The largest absolute Gasteiger partial charge is 0.461 e. The summed E-state index contributed by atoms with van der Waals surface area (Å²) in [5.74, 6) is 0.776. The highest BCUT2D eigenvalue weighted by molar-refractivity contribution is 5.42. The van der Waals surface area contributed by atoms with Crippen molar-refractivity contribution in [3.63, 3.8) is 0 Å². The molecule has 0 radical (unpaired) electrons. The van der Waals surface area contributed by atoms with Crippen LogP contribution in [0.15, 0.2) is 97.1 Å². The minimum Gasteiger partial charge on any atom is -0.457 e. The van der Waals surface area contributed by atoms with Gasteiger partial charge in [0.1, 0.15) is 17.2 Å². The standard InChI is InChI=1S/C33H30F7NO3/c1-20(2)22-6-3-9-26(16-22)43-27-10-4-7-23(17-27)30(24-8-5-11-28(18-24)44-33(39,40)31(34)35)41-19-29(42)21-12-14-25(15-13-21)32(36,37)38/h3-18,20,29-31,41-42H,19H2,1-2H3. The first-order chi connectivity index (χ1) is 20.7. The van der Waals surface area contributed by atoms with Crippen molar-refractivity contribution in [2.24, 2.45) is 0 Å². The molecule has 0 spiro atoms. The van der Waals surface area contributed by atoms with Gasteiger partial charge in [0.05, 0.1) is 17.7 Å². The van der Waals surface area contributed by atoms with Crippen molar-refractivity contribution in [3.8, 4) is 17.2 Å². The number of benzene rings is 4. The zero-order chi connectivity index (χ0) is 32.1. The highest BCUT2D eigenvalue weighted by Gasteiger charge is 2.44. The highest BCUT2D eigenvalue weighted by Crippen LogP contribution is 2.34. The predicted octanol–water partition coefficient (Wildman–Crippen LogP) is 9.27. The van der Waals surface area contributed by atoms with Gasteiger partial charge in [-0.3, -0.25) is 0 Å². The minimum atomic E-state index is -4.72. The molecule has 2 atom stereocenters. The molecule has 0 heterocycles. The third-order valence-corrected chi connectivity index (χ3v) is 6.79. The number of hydrogen-bond donors (Lipinski definition) is 2. The van der Waals surface area contributed by atoms with Gasteiger partial charge in [0, 0.05) is 6.54 Å². The van der Waals surface area contributed by atoms with Gasteiger partial charge in [0.25, 0.3) is 0 Å². The Morgan fingerprint density at radius 1 is 0.682 bits per heavy atom. The topological polar surface area (TPSA) is 50.7 Å². The number of halogens is 7. The van der Waals surface area contributed by atoms with Crippen molar-refractivity contribution >= 4 is 0 Å². The molecule has 0 saturated heterocycles. The first-order valence-electron chi connectivity index (χ1n) is 13.6. The van der Waals surface area contributed by atoms with Gasteiger partial charge in [-0.15, -0.1) is 0 Å². The molecule has 4 nitrogen and oxygen atoms in total. The number of alkyl halides is 7. The number of rotatable bonds is 12. The quantitative estimate of drug-likeness (QED) is 0.155. The fraction of sp³-hybridized carbons (Fsp3) is 0.273. The number of aliphatic hydroxyl groups is 1. The van der Waals surface area contributed by atoms with Crippen LogP contribution in [0.2, 0.25) is 0 Å². The third-order valence-electron chi connectivity index (χ3n) is 6.79. The molecule has 0 fully saturated rings. The van der Waals surface area contributed by atoms with Gasteiger partial charge in [-0.1, -0.05) is 62.4 Å². The molecule has 4 rings (SSSR count). The maximum absolute atomic E-state index is 13.7. The number of hydrogen-bond acceptors (Lipinski definition) is 4. The second kappa shape index (κ2) is 13.7. The summed E-state index contributed by atoms with van der Waals surface area (Å²) in [7, 11) is 0. The van der Waals surface area contributed by atoms with Crippen LogP contribution in [0.5, 0.6) is 17.2 Å². The summed E-state index contributed by atoms with van der Waals surface area (Å²) in [6.07, 6.45) is -14.6. The van der Waals surface area contributed by atoms with E-state index in [1.807, 2.05) is 32.0 Å². The zero-order valence-electron chi connectivity index (χ0n) is 23.7. The van der Waals surface area contributed by atoms with Gasteiger partial charge in [0.15, 0.2) is 0 Å². The minimum absolute atomic E-state index is 0.171. The lowest BCUT2D eigenvalue weighted by Gasteiger charge is -2.24. The van der Waals surface area contributed by atoms with E-state index in [4.69, 9.17) is 4.74 Å². The van der Waals surface area contributed by atoms with Crippen molar-refractivity contribution < 1.29 is 45.3 Å². The van der Waals surface area contributed by atoms with Crippen molar-refractivity contribution in [2.45, 2.75) is 50.6 Å². The fourth-order valence-corrected chi connectivity index (χ4v) is 4.46. The molecular weight excluding hydrogens is 591 g/mol. The molecule has 2 unspecified atom stereocenters. The molecule has 2 N–H and O–H groups in total. The summed E-state index contributed by atoms with van der Waals surface area (Å²) in [6.45, 7) is 3.92. The predicted molar refractivity (Wildman–Crippen MR) is 151 cm³/mol. The number of aliphatic hydroxyl groups excluding tert-OH is 1. The van der Waals surface area contributed by atoms with Gasteiger partial charge in [0.2, 0.25) is 0 Å². The third kappa shape index (κ3) is 8.51. The van der Waals surface area contributed by atoms with Gasteiger partial charge in [-0.2, -0.15) is 30.7 Å². The Balaban J connectivity index is 1.63. The molecule has 4 aromatic rings. The Morgan fingerprint density at radius 2 is 1.18 bits per heavy atom. The molecule has 0 saturated carbocycles. The van der Waals surface area contributed by atoms with E-state index in [1.165, 1.54) is 6.07 Å². The van der Waals surface area contributed by atoms with Crippen LogP contribution in [-0.2, 0) is 6.18 Å². The van der Waals surface area contributed by atoms with Crippen LogP contribution in [0, 0.1) is 0 Å². The molecule has 0 aromatic heterocycles. The maximum Gasteiger partial charge on any atom is 0.461 e. The summed E-state index contributed by atoms with van der Waals surface area (Å²) in [5.41, 5.74) is 1.28. The molecule has 0 aliphatic heterocycles. The normalized spacial score (nSPS) is 13.6. The lowest BCUT2D eigenvalue weighted by atomic mass is 9.97. The molecule has 0 aliphatic carbocycles. The molecule has 11 heteroatoms. The van der Waals surface area contributed by atoms with E-state index in [0.717, 1.165) is 42.0 Å². The Bertz CT molecular complexity index is 1520. The molecule has 0 amide bonds. The average molecular weight is 622 g/mol. The van der Waals surface area contributed by atoms with Crippen molar-refractivity contribution in [1.29, 1.82) is 0 Å². The number of ether oxygens (including phenoxy) is 2. The Kier molecular flexibility index (Phi) is 10.2. The molecule has 44 heavy (non-hydrogen) atoms. The van der Waals surface area contributed by atoms with Crippen LogP contribution < -0.4 is 14.8 Å². The van der Waals surface area contributed by atoms with Gasteiger partial charge in [-0.25, -0.2) is 0 Å². The second-order valence-electron chi connectivity index (χ2n) is 10.4. The lowest BCUT2D eigenvalue weighted by Crippen LogP contribution is -2.33. The van der Waals surface area contributed by atoms with Crippen molar-refractivity contribution in [1.82, 2.24) is 5.32 Å². The average Bonchev–Trinajstić information content (AvgIpc) is 2.97. The molecular formula is C33H30F7NO3. The Morgan fingerprint density at radius 3 is 1.70 bits per heavy atom. The molecule has 0 bridgehead atoms. The summed E-state index contributed by atoms with van der Waals surface area (Å²) >= 11 is 0. The van der Waals surface area contributed by atoms with Crippen LogP contribution >= 0.6 is 0 Å². The summed E-state index contributed by atoms with van der Waals surface area (Å²) < 4.78 is 102. The van der Waals surface area contributed by atoms with E-state index in [2.05, 4.69) is 10.1 Å². The SMILES string of the molecule is CC(C)c1cccc(Oc2cccc(C(NCC(O)c3ccc(C(F)(F)F)cc3)c3cccc(OC(F)(F)C(F)F)c3)c2)c1. The fourth-order valence-electron chi connectivity index (χ4n) is 4.46. The molecule has 4 aromatic carbocycles. The Hall–Kier alpha value is -4.09. The maximum atomic E-state index is 13.7. The van der Waals surface area contributed by atoms with E-state index >= 15 is 0 Å². The van der Waals surface area contributed by atoms with E-state index in [1.54, 1.807) is 36.4 Å². The molecule has 234 valence electrons. The lowest BCUT2D eigenvalue weighted by molar-refractivity contribution is -0.253. The number of nitrogens with one attached hydrogen (secondary N) is 1. The van der Waals surface area contributed by atoms with Crippen molar-refractivity contribution in [2.75, 3.05) is 6.54 Å². The van der Waals surface area contributed by atoms with Crippen LogP contribution in [0.4, 0.5) is 30.7 Å². The summed E-state index contributed by atoms with van der Waals surface area (Å²) in [6, 6.07) is 22.7. The smallest absolute Gasteiger partial charge is 0.457 e. The Labute approximate surface area is 250 Å². The summed E-state index contributed by atoms with van der Waals surface area (Å²) in [5, 5.41) is 13.9. The van der Waals surface area contributed by atoms with E-state index < -0.39 is 42.2 Å². The monoisotopic (exact) mass is 621 g/mol. The first kappa shape index (κ1) is 32.8. The second-order valence-corrected chi connectivity index (χ2v) is 10.4. The van der Waals surface area contributed by atoms with Gasteiger partial charge < -0.3 is 19.9 Å².